The van der Waals surface area contributed by atoms with Gasteiger partial charge in [0, 0.05) is 12.5 Å². The van der Waals surface area contributed by atoms with Gasteiger partial charge < -0.3 is 24.4 Å². The molecule has 0 radical (unpaired) electrons. The predicted octanol–water partition coefficient (Wildman–Crippen LogP) is 4.07. The summed E-state index contributed by atoms with van der Waals surface area (Å²) >= 11 is 0. The zero-order valence-corrected chi connectivity index (χ0v) is 19.3. The van der Waals surface area contributed by atoms with E-state index in [4.69, 9.17) is 14.2 Å². The Morgan fingerprint density at radius 1 is 0.914 bits per heavy atom. The third-order valence-corrected chi connectivity index (χ3v) is 5.41. The summed E-state index contributed by atoms with van der Waals surface area (Å²) in [7, 11) is 0. The Morgan fingerprint density at radius 3 is 2.43 bits per heavy atom. The number of fused-ring (bicyclic) bond motifs is 1. The van der Waals surface area contributed by atoms with Crippen LogP contribution in [0.25, 0.3) is 0 Å². The van der Waals surface area contributed by atoms with Crippen molar-refractivity contribution in [2.45, 2.75) is 19.4 Å². The van der Waals surface area contributed by atoms with Gasteiger partial charge in [-0.3, -0.25) is 9.59 Å². The Kier molecular flexibility index (Phi) is 7.62. The maximum atomic E-state index is 13.1. The first-order valence-corrected chi connectivity index (χ1v) is 11.3. The van der Waals surface area contributed by atoms with Gasteiger partial charge in [-0.1, -0.05) is 42.5 Å². The number of rotatable bonds is 8. The molecule has 0 saturated carbocycles. The van der Waals surface area contributed by atoms with Crippen molar-refractivity contribution in [1.29, 1.82) is 0 Å². The van der Waals surface area contributed by atoms with Crippen LogP contribution in [0.4, 0.5) is 11.4 Å². The molecule has 4 rings (SSSR count). The number of nitrogens with zero attached hydrogens (tertiary/aromatic N) is 1. The summed E-state index contributed by atoms with van der Waals surface area (Å²) in [6.07, 6.45) is 0.135. The zero-order valence-electron chi connectivity index (χ0n) is 19.3. The summed E-state index contributed by atoms with van der Waals surface area (Å²) in [5, 5.41) is 2.80. The summed E-state index contributed by atoms with van der Waals surface area (Å²) in [5.74, 6) is -0.222. The molecule has 1 aliphatic heterocycles. The normalized spacial score (nSPS) is 14.8. The van der Waals surface area contributed by atoms with E-state index in [1.165, 1.54) is 4.90 Å². The highest BCUT2D eigenvalue weighted by molar-refractivity contribution is 6.05. The molecular formula is C27H26N2O6. The Balaban J connectivity index is 1.37. The Labute approximate surface area is 203 Å². The van der Waals surface area contributed by atoms with Gasteiger partial charge in [-0.05, 0) is 43.3 Å². The number of hydrogen-bond acceptors (Lipinski definition) is 6. The van der Waals surface area contributed by atoms with E-state index in [2.05, 4.69) is 5.32 Å². The first-order chi connectivity index (χ1) is 17.0. The monoisotopic (exact) mass is 474 g/mol. The van der Waals surface area contributed by atoms with Gasteiger partial charge in [0.1, 0.15) is 30.3 Å². The quantitative estimate of drug-likeness (QED) is 0.391. The van der Waals surface area contributed by atoms with Crippen molar-refractivity contribution in [3.8, 4) is 11.5 Å². The minimum atomic E-state index is -0.678. The van der Waals surface area contributed by atoms with E-state index < -0.39 is 24.5 Å². The predicted molar refractivity (Wildman–Crippen MR) is 131 cm³/mol. The van der Waals surface area contributed by atoms with Crippen LogP contribution in [0, 0.1) is 0 Å². The summed E-state index contributed by atoms with van der Waals surface area (Å²) in [4.78, 5) is 39.5. The zero-order chi connectivity index (χ0) is 24.6. The molecule has 35 heavy (non-hydrogen) atoms. The van der Waals surface area contributed by atoms with E-state index in [0.29, 0.717) is 23.7 Å². The van der Waals surface area contributed by atoms with Crippen molar-refractivity contribution in [3.05, 3.63) is 84.4 Å². The van der Waals surface area contributed by atoms with Gasteiger partial charge in [0.15, 0.2) is 6.61 Å². The van der Waals surface area contributed by atoms with Crippen LogP contribution in [-0.4, -0.2) is 43.6 Å². The fourth-order valence-corrected chi connectivity index (χ4v) is 3.83. The number of amides is 2. The summed E-state index contributed by atoms with van der Waals surface area (Å²) in [6, 6.07) is 22.7. The number of carbonyl (C=O) groups is 3. The first-order valence-electron chi connectivity index (χ1n) is 11.3. The van der Waals surface area contributed by atoms with Crippen LogP contribution < -0.4 is 19.7 Å². The van der Waals surface area contributed by atoms with Crippen LogP contribution in [0.5, 0.6) is 11.5 Å². The molecule has 0 bridgehead atoms. The summed E-state index contributed by atoms with van der Waals surface area (Å²) in [6.45, 7) is 1.82. The van der Waals surface area contributed by atoms with Crippen LogP contribution in [0.3, 0.4) is 0 Å². The molecule has 1 N–H and O–H groups in total. The van der Waals surface area contributed by atoms with Crippen LogP contribution in [0.2, 0.25) is 0 Å². The molecule has 1 atom stereocenters. The minimum Gasteiger partial charge on any atom is -0.490 e. The average molecular weight is 475 g/mol. The molecule has 8 heteroatoms. The van der Waals surface area contributed by atoms with E-state index in [9.17, 15) is 14.4 Å². The molecule has 0 spiro atoms. The van der Waals surface area contributed by atoms with E-state index in [0.717, 1.165) is 5.75 Å². The smallest absolute Gasteiger partial charge is 0.342 e. The number of ether oxygens (including phenoxy) is 3. The first kappa shape index (κ1) is 23.8. The van der Waals surface area contributed by atoms with Crippen LogP contribution in [-0.2, 0) is 14.3 Å². The molecule has 1 unspecified atom stereocenters. The van der Waals surface area contributed by atoms with Crippen molar-refractivity contribution in [3.63, 3.8) is 0 Å². The average Bonchev–Trinajstić information content (AvgIpc) is 3.00. The number of anilines is 2. The number of hydrogen-bond donors (Lipinski definition) is 1. The Morgan fingerprint density at radius 2 is 1.60 bits per heavy atom. The Hall–Kier alpha value is -4.33. The van der Waals surface area contributed by atoms with Crippen LogP contribution >= 0.6 is 0 Å². The Bertz CT molecular complexity index is 1200. The number of carbonyl (C=O) groups excluding carboxylic acids is 3. The molecule has 180 valence electrons. The number of esters is 1. The van der Waals surface area contributed by atoms with Crippen LogP contribution in [0.15, 0.2) is 78.9 Å². The lowest BCUT2D eigenvalue weighted by Gasteiger charge is -2.27. The van der Waals surface area contributed by atoms with Gasteiger partial charge in [0.25, 0.3) is 5.91 Å². The highest BCUT2D eigenvalue weighted by Crippen LogP contribution is 2.31. The maximum Gasteiger partial charge on any atom is 0.342 e. The summed E-state index contributed by atoms with van der Waals surface area (Å²) < 4.78 is 16.7. The van der Waals surface area contributed by atoms with E-state index in [1.54, 1.807) is 55.5 Å². The van der Waals surface area contributed by atoms with E-state index >= 15 is 0 Å². The highest BCUT2D eigenvalue weighted by atomic mass is 16.5. The minimum absolute atomic E-state index is 0.135. The van der Waals surface area contributed by atoms with Gasteiger partial charge in [0.05, 0.1) is 11.4 Å². The highest BCUT2D eigenvalue weighted by Gasteiger charge is 2.30. The topological polar surface area (TPSA) is 94.2 Å². The number of nitrogens with one attached hydrogen (secondary N) is 1. The molecule has 1 aliphatic rings. The van der Waals surface area contributed by atoms with Gasteiger partial charge in [-0.2, -0.15) is 0 Å². The number of benzene rings is 3. The standard InChI is InChI=1S/C27H26N2O6/c1-19-17-25(30)28-22-12-6-7-13-23(22)29(19)26(31)18-35-27(32)21-11-5-8-14-24(21)34-16-15-33-20-9-3-2-4-10-20/h2-14,19H,15-18H2,1H3,(H,28,30). The van der Waals surface area contributed by atoms with Crippen molar-refractivity contribution >= 4 is 29.2 Å². The number of para-hydroxylation sites is 4. The van der Waals surface area contributed by atoms with Crippen LogP contribution in [0.1, 0.15) is 23.7 Å². The van der Waals surface area contributed by atoms with Gasteiger partial charge in [0.2, 0.25) is 5.91 Å². The lowest BCUT2D eigenvalue weighted by Crippen LogP contribution is -2.41. The third-order valence-electron chi connectivity index (χ3n) is 5.41. The summed E-state index contributed by atoms with van der Waals surface area (Å²) in [5.41, 5.74) is 1.31. The van der Waals surface area contributed by atoms with E-state index in [1.807, 2.05) is 30.3 Å². The van der Waals surface area contributed by atoms with Crippen molar-refractivity contribution in [1.82, 2.24) is 0 Å². The molecule has 3 aromatic rings. The fourth-order valence-electron chi connectivity index (χ4n) is 3.83. The molecule has 8 nitrogen and oxygen atoms in total. The fraction of sp³-hybridized carbons (Fsp3) is 0.222. The molecule has 3 aromatic carbocycles. The van der Waals surface area contributed by atoms with Gasteiger partial charge in [-0.15, -0.1) is 0 Å². The molecule has 0 saturated heterocycles. The van der Waals surface area contributed by atoms with Gasteiger partial charge >= 0.3 is 5.97 Å². The second kappa shape index (κ2) is 11.2. The maximum absolute atomic E-state index is 13.1. The van der Waals surface area contributed by atoms with Crippen molar-refractivity contribution < 1.29 is 28.6 Å². The van der Waals surface area contributed by atoms with E-state index in [-0.39, 0.29) is 24.5 Å². The SMILES string of the molecule is CC1CC(=O)Nc2ccccc2N1C(=O)COC(=O)c1ccccc1OCCOc1ccccc1. The lowest BCUT2D eigenvalue weighted by atomic mass is 10.1. The third kappa shape index (κ3) is 5.97. The van der Waals surface area contributed by atoms with Gasteiger partial charge in [-0.25, -0.2) is 4.79 Å². The second-order valence-electron chi connectivity index (χ2n) is 7.96. The van der Waals surface area contributed by atoms with Crippen molar-refractivity contribution in [2.75, 3.05) is 30.0 Å². The molecule has 0 aliphatic carbocycles. The lowest BCUT2D eigenvalue weighted by molar-refractivity contribution is -0.122. The molecular weight excluding hydrogens is 448 g/mol. The molecule has 0 aromatic heterocycles. The molecule has 0 fully saturated rings. The molecule has 2 amide bonds. The molecule has 1 heterocycles. The largest absolute Gasteiger partial charge is 0.490 e. The second-order valence-corrected chi connectivity index (χ2v) is 7.96. The van der Waals surface area contributed by atoms with Crippen molar-refractivity contribution in [2.24, 2.45) is 0 Å².